The number of amides is 1. The van der Waals surface area contributed by atoms with Crippen molar-refractivity contribution in [1.82, 2.24) is 55.4 Å². The number of ether oxygens (including phenoxy) is 2. The Balaban J connectivity index is 0.000000142. The lowest BCUT2D eigenvalue weighted by Crippen LogP contribution is -2.35. The number of aliphatic hydroxyl groups excluding tert-OH is 4. The zero-order valence-electron chi connectivity index (χ0n) is 75.7. The molecular weight excluding hydrogens is 1880 g/mol. The molecule has 0 radical (unpaired) electrons. The number of nitrogens with zero attached hydrogens (tertiary/aromatic N) is 12. The van der Waals surface area contributed by atoms with E-state index >= 15 is 0 Å². The first-order chi connectivity index (χ1) is 66.6. The number of nitrogens with two attached hydrogens (primary N) is 1. The Kier molecular flexibility index (Phi) is 29.9. The van der Waals surface area contributed by atoms with E-state index in [1.54, 1.807) is 206 Å². The Bertz CT molecular complexity index is 7130. The zero-order valence-corrected chi connectivity index (χ0v) is 78.7. The molecule has 0 spiro atoms. The quantitative estimate of drug-likeness (QED) is 0.0124. The topological polar surface area (TPSA) is 505 Å². The van der Waals surface area contributed by atoms with Crippen LogP contribution in [0.3, 0.4) is 0 Å². The number of tetrazole rings is 2. The standard InChI is InChI=1S/C32H35ClN2O6.C24H18ClN5O5.C24H18ClN5O4.C23H19ClN2O4/c1-31(2,3)40-29(38)19-9-7-18(8-10-19)13-26(36)24-16-27(37)23-14-20(17-34-28(23)24)22-15-21(33)11-12-25(22)35-30(39)41-32(4,5)6;25-16-5-6-20(29-12-26-27-28-29)17(9-16)15-8-18-22(32)10-19(23(18)30(35)11-15)21(31)7-13-1-3-14(4-2-13)24(33)34;25-16-5-6-20(30-12-27-28-29-30)17(9-16)15-8-18-22(32)10-19(23(18)26-11-15)21(31)7-13-1-3-14(4-2-13)24(33)34;24-15-5-6-19(25)16(9-15)14-8-17-21(28)10-18(22(17)26-11-14)20(27)7-12-1-3-13(4-2-12)23(29)30/h7-12,14-15,17,24,27,37H,13,16H2,1-6H3,(H,35,39);1-6,8-9,11-12,19,22,32H,7,10H2,(H,33,34);1-6,8-9,11-12,19,22,32H,7,10H2,(H,33,34);1-6,8-9,11,18,21,28H,7,10,25H2,(H,29,30). The fraction of sp³-hybridized carbons (Fsp3) is 0.233. The Labute approximate surface area is 819 Å². The lowest BCUT2D eigenvalue weighted by molar-refractivity contribution is -0.613. The Morgan fingerprint density at radius 1 is 0.414 bits per heavy atom. The number of carbonyl (C=O) groups excluding carboxylic acids is 6. The molecule has 4 aliphatic carbocycles. The van der Waals surface area contributed by atoms with E-state index in [0.717, 1.165) is 27.8 Å². The summed E-state index contributed by atoms with van der Waals surface area (Å²) in [7, 11) is 0. The largest absolute Gasteiger partial charge is 0.618 e. The Morgan fingerprint density at radius 2 is 0.743 bits per heavy atom. The summed E-state index contributed by atoms with van der Waals surface area (Å²) in [5.74, 6) is -6.40. The number of anilines is 2. The Hall–Kier alpha value is -15.1. The van der Waals surface area contributed by atoms with Gasteiger partial charge in [0.1, 0.15) is 47.1 Å². The van der Waals surface area contributed by atoms with Crippen molar-refractivity contribution in [3.05, 3.63) is 346 Å². The molecule has 140 heavy (non-hydrogen) atoms. The highest BCUT2D eigenvalue weighted by molar-refractivity contribution is 6.32. The van der Waals surface area contributed by atoms with Crippen LogP contribution in [0.15, 0.2) is 232 Å². The summed E-state index contributed by atoms with van der Waals surface area (Å²) < 4.78 is 14.3. The van der Waals surface area contributed by atoms with Crippen molar-refractivity contribution in [2.45, 2.75) is 152 Å². The first-order valence-electron chi connectivity index (χ1n) is 44.0. The van der Waals surface area contributed by atoms with Gasteiger partial charge in [0.15, 0.2) is 12.0 Å². The number of Topliss-reactive ketones (excluding diaryl/α,β-unsaturated/α-hetero) is 4. The number of ketones is 4. The first kappa shape index (κ1) is 99.4. The Morgan fingerprint density at radius 3 is 1.13 bits per heavy atom. The maximum absolute atomic E-state index is 13.3. The van der Waals surface area contributed by atoms with Gasteiger partial charge in [-0.3, -0.25) is 39.4 Å². The van der Waals surface area contributed by atoms with E-state index in [4.69, 9.17) is 76.9 Å². The van der Waals surface area contributed by atoms with Gasteiger partial charge in [-0.2, -0.15) is 14.1 Å². The number of aromatic carboxylic acids is 3. The molecule has 0 fully saturated rings. The number of benzene rings is 8. The average Bonchev–Trinajstić information content (AvgIpc) is 1.58. The highest BCUT2D eigenvalue weighted by atomic mass is 35.5. The minimum atomic E-state index is -1.05. The van der Waals surface area contributed by atoms with Crippen molar-refractivity contribution >= 4 is 111 Å². The number of nitrogens with one attached hydrogen (secondary N) is 1. The summed E-state index contributed by atoms with van der Waals surface area (Å²) in [5, 5.41) is 110. The van der Waals surface area contributed by atoms with Gasteiger partial charge < -0.3 is 56.2 Å². The van der Waals surface area contributed by atoms with Gasteiger partial charge in [-0.05, 0) is 256 Å². The normalized spacial score (nSPS) is 16.9. The molecule has 10 N–H and O–H groups in total. The number of nitrogen functional groups attached to an aromatic ring is 1. The molecular formula is C103H90Cl4N14O19. The molecule has 37 heteroatoms. The first-order valence-corrected chi connectivity index (χ1v) is 45.5. The SMILES string of the molecule is CC(C)(C)OC(=O)Nc1ccc(Cl)cc1-c1cnc2c(c1)C(O)CC2C(=O)Cc1ccc(C(=O)OC(C)(C)C)cc1.Nc1ccc(Cl)cc1-c1cnc2c(c1)C(O)CC2C(=O)Cc1ccc(C(=O)O)cc1.O=C(O)c1ccc(CC(=O)C2CC(O)c3cc(-c4cc(Cl)ccc4-n4cnnn4)c[n+]([O-])c32)cc1.O=C(O)c1ccc(CC(=O)C2CC(O)c3cc(-c4cc(Cl)ccc4-n4cnnn4)cnc32)cc1. The molecule has 6 heterocycles. The lowest BCUT2D eigenvalue weighted by Gasteiger charge is -2.20. The second-order valence-corrected chi connectivity index (χ2v) is 37.6. The lowest BCUT2D eigenvalue weighted by atomic mass is 9.94. The van der Waals surface area contributed by atoms with Crippen molar-refractivity contribution in [1.29, 1.82) is 0 Å². The fourth-order valence-electron chi connectivity index (χ4n) is 17.1. The highest BCUT2D eigenvalue weighted by Crippen LogP contribution is 2.48. The molecule has 1 amide bonds. The number of esters is 1. The smallest absolute Gasteiger partial charge is 0.412 e. The number of carboxylic acids is 3. The van der Waals surface area contributed by atoms with Crippen molar-refractivity contribution < 1.29 is 93.1 Å². The van der Waals surface area contributed by atoms with Crippen LogP contribution in [0.2, 0.25) is 20.1 Å². The molecule has 0 saturated carbocycles. The number of hydrogen-bond donors (Lipinski definition) is 9. The van der Waals surface area contributed by atoms with E-state index in [1.165, 1.54) is 64.6 Å². The number of halogens is 4. The van der Waals surface area contributed by atoms with Crippen LogP contribution in [0.25, 0.3) is 55.9 Å². The maximum atomic E-state index is 13.3. The summed E-state index contributed by atoms with van der Waals surface area (Å²) in [6.45, 7) is 10.7. The van der Waals surface area contributed by atoms with E-state index in [-0.39, 0.29) is 96.9 Å². The third-order valence-corrected chi connectivity index (χ3v) is 24.7. The number of aliphatic hydroxyl groups is 4. The van der Waals surface area contributed by atoms with Crippen molar-refractivity contribution in [3.8, 4) is 55.9 Å². The van der Waals surface area contributed by atoms with Crippen molar-refractivity contribution in [2.24, 2.45) is 0 Å². The summed E-state index contributed by atoms with van der Waals surface area (Å²) in [4.78, 5) is 124. The third kappa shape index (κ3) is 23.3. The third-order valence-electron chi connectivity index (χ3n) is 23.8. The highest BCUT2D eigenvalue weighted by Gasteiger charge is 2.44. The van der Waals surface area contributed by atoms with Gasteiger partial charge in [0, 0.05) is 131 Å². The van der Waals surface area contributed by atoms with Crippen molar-refractivity contribution in [3.63, 3.8) is 0 Å². The van der Waals surface area contributed by atoms with Crippen LogP contribution in [-0.2, 0) is 54.3 Å². The molecule has 18 rings (SSSR count). The summed E-state index contributed by atoms with van der Waals surface area (Å²) in [6.07, 6.45) is 6.25. The predicted molar refractivity (Wildman–Crippen MR) is 516 cm³/mol. The second kappa shape index (κ2) is 42.1. The molecule has 8 aromatic carbocycles. The molecule has 0 saturated heterocycles. The van der Waals surface area contributed by atoms with E-state index in [0.29, 0.717) is 131 Å². The van der Waals surface area contributed by atoms with Crippen LogP contribution in [0, 0.1) is 5.21 Å². The molecule has 4 aliphatic rings. The van der Waals surface area contributed by atoms with Gasteiger partial charge in [-0.25, -0.2) is 24.0 Å². The van der Waals surface area contributed by atoms with Crippen LogP contribution in [0.5, 0.6) is 0 Å². The fourth-order valence-corrected chi connectivity index (χ4v) is 17.8. The average molecular weight is 1970 g/mol. The van der Waals surface area contributed by atoms with Gasteiger partial charge in [-0.1, -0.05) is 94.9 Å². The van der Waals surface area contributed by atoms with Crippen LogP contribution < -0.4 is 15.8 Å². The number of pyridine rings is 4. The van der Waals surface area contributed by atoms with Gasteiger partial charge in [-0.15, -0.1) is 10.2 Å². The number of carboxylic acid groups (broad SMARTS) is 3. The number of aromatic nitrogens is 12. The minimum Gasteiger partial charge on any atom is -0.618 e. The molecule has 0 bridgehead atoms. The summed E-state index contributed by atoms with van der Waals surface area (Å²) >= 11 is 24.8. The molecule has 33 nitrogen and oxygen atoms in total. The summed E-state index contributed by atoms with van der Waals surface area (Å²) in [5.41, 5.74) is 19.9. The van der Waals surface area contributed by atoms with Crippen LogP contribution >= 0.6 is 46.4 Å². The molecule has 8 unspecified atom stereocenters. The van der Waals surface area contributed by atoms with Crippen molar-refractivity contribution in [2.75, 3.05) is 11.1 Å². The van der Waals surface area contributed by atoms with Crippen LogP contribution in [0.4, 0.5) is 16.2 Å². The zero-order chi connectivity index (χ0) is 100. The number of fused-ring (bicyclic) bond motifs is 4. The number of hydrogen-bond acceptors (Lipinski definition) is 26. The second-order valence-electron chi connectivity index (χ2n) is 35.9. The monoisotopic (exact) mass is 1970 g/mol. The van der Waals surface area contributed by atoms with Gasteiger partial charge >= 0.3 is 30.0 Å². The predicted octanol–water partition coefficient (Wildman–Crippen LogP) is 17.1. The van der Waals surface area contributed by atoms with E-state index in [1.807, 2.05) is 12.1 Å². The number of rotatable bonds is 23. The molecule has 6 aromatic heterocycles. The van der Waals surface area contributed by atoms with Crippen LogP contribution in [0.1, 0.15) is 224 Å². The molecule has 8 atom stereocenters. The number of carbonyl (C=O) groups is 9. The minimum absolute atomic E-state index is 0.0101. The molecule has 714 valence electrons. The van der Waals surface area contributed by atoms with Gasteiger partial charge in [0.2, 0.25) is 5.69 Å². The van der Waals surface area contributed by atoms with Crippen LogP contribution in [-0.4, -0.2) is 155 Å². The van der Waals surface area contributed by atoms with Gasteiger partial charge in [0.25, 0.3) is 0 Å². The van der Waals surface area contributed by atoms with E-state index in [2.05, 4.69) is 51.3 Å². The van der Waals surface area contributed by atoms with E-state index < -0.39 is 89.3 Å². The molecule has 14 aromatic rings. The summed E-state index contributed by atoms with van der Waals surface area (Å²) in [6, 6.07) is 52.8. The maximum Gasteiger partial charge on any atom is 0.412 e. The van der Waals surface area contributed by atoms with E-state index in [9.17, 15) is 68.8 Å². The van der Waals surface area contributed by atoms with Gasteiger partial charge in [0.05, 0.1) is 104 Å². The molecule has 0 aliphatic heterocycles.